The van der Waals surface area contributed by atoms with E-state index in [1.54, 1.807) is 34.6 Å². The van der Waals surface area contributed by atoms with Gasteiger partial charge in [-0.05, 0) is 76.9 Å². The molecule has 0 N–H and O–H groups in total. The van der Waals surface area contributed by atoms with E-state index in [1.165, 1.54) is 0 Å². The predicted molar refractivity (Wildman–Crippen MR) is 178 cm³/mol. The number of allylic oxidation sites excluding steroid dienone is 1. The van der Waals surface area contributed by atoms with Gasteiger partial charge in [-0.1, -0.05) is 98.8 Å². The number of hydrogen-bond donors (Lipinski definition) is 0. The lowest BCUT2D eigenvalue weighted by Crippen LogP contribution is -2.37. The van der Waals surface area contributed by atoms with Crippen LogP contribution >= 0.6 is 7.92 Å². The first-order valence-electron chi connectivity index (χ1n) is 15.1. The third-order valence-electron chi connectivity index (χ3n) is 7.24. The van der Waals surface area contributed by atoms with E-state index in [4.69, 9.17) is 14.2 Å². The second-order valence-electron chi connectivity index (χ2n) is 12.0. The largest absolute Gasteiger partial charge is 0.465 e. The lowest BCUT2D eigenvalue weighted by Gasteiger charge is -2.30. The van der Waals surface area contributed by atoms with Crippen LogP contribution in [0.25, 0.3) is 0 Å². The number of benzene rings is 3. The van der Waals surface area contributed by atoms with E-state index < -0.39 is 25.4 Å². The number of carbonyl (C=O) groups excluding carboxylic acids is 3. The molecule has 0 bridgehead atoms. The van der Waals surface area contributed by atoms with Gasteiger partial charge in [-0.15, -0.1) is 0 Å². The van der Waals surface area contributed by atoms with Crippen LogP contribution in [-0.2, 0) is 23.8 Å². The molecular formula is C37H45O6P. The lowest BCUT2D eigenvalue weighted by molar-refractivity contribution is -0.155. The topological polar surface area (TPSA) is 78.9 Å². The van der Waals surface area contributed by atoms with E-state index in [1.807, 2.05) is 80.6 Å². The molecule has 234 valence electrons. The SMILES string of the molecule is CCOC(=O)/C(C)=C/C[C@@H](C)[C@H](OC(=O)c1ccccc1P(c1ccccc1)c1ccccc1)[C@@H](C)COC(=O)C(C)(C)C. The van der Waals surface area contributed by atoms with Gasteiger partial charge in [0.25, 0.3) is 0 Å². The maximum atomic E-state index is 14.1. The number of rotatable bonds is 13. The quantitative estimate of drug-likeness (QED) is 0.0917. The molecule has 0 amide bonds. The summed E-state index contributed by atoms with van der Waals surface area (Å²) in [7, 11) is -1.04. The van der Waals surface area contributed by atoms with Gasteiger partial charge in [0.2, 0.25) is 0 Å². The van der Waals surface area contributed by atoms with Crippen LogP contribution in [0.4, 0.5) is 0 Å². The van der Waals surface area contributed by atoms with E-state index >= 15 is 0 Å². The van der Waals surface area contributed by atoms with Crippen LogP contribution in [0.3, 0.4) is 0 Å². The van der Waals surface area contributed by atoms with Crippen molar-refractivity contribution in [2.45, 2.75) is 61.0 Å². The van der Waals surface area contributed by atoms with Crippen LogP contribution in [0.15, 0.2) is 96.6 Å². The number of esters is 3. The molecule has 0 unspecified atom stereocenters. The average molecular weight is 617 g/mol. The van der Waals surface area contributed by atoms with Crippen molar-refractivity contribution in [1.29, 1.82) is 0 Å². The van der Waals surface area contributed by atoms with Crippen molar-refractivity contribution < 1.29 is 28.6 Å². The van der Waals surface area contributed by atoms with E-state index in [0.717, 1.165) is 15.9 Å². The van der Waals surface area contributed by atoms with Crippen molar-refractivity contribution in [3.05, 3.63) is 102 Å². The number of hydrogen-bond acceptors (Lipinski definition) is 6. The summed E-state index contributed by atoms with van der Waals surface area (Å²) < 4.78 is 17.1. The Morgan fingerprint density at radius 3 is 1.89 bits per heavy atom. The van der Waals surface area contributed by atoms with Crippen molar-refractivity contribution in [3.63, 3.8) is 0 Å². The Bertz CT molecular complexity index is 1370. The Labute approximate surface area is 263 Å². The first-order valence-corrected chi connectivity index (χ1v) is 16.5. The zero-order chi connectivity index (χ0) is 32.3. The average Bonchev–Trinajstić information content (AvgIpc) is 3.02. The second-order valence-corrected chi connectivity index (χ2v) is 14.2. The number of carbonyl (C=O) groups is 3. The fourth-order valence-electron chi connectivity index (χ4n) is 4.75. The van der Waals surface area contributed by atoms with E-state index in [0.29, 0.717) is 24.2 Å². The Balaban J connectivity index is 1.96. The van der Waals surface area contributed by atoms with Gasteiger partial charge in [-0.2, -0.15) is 0 Å². The van der Waals surface area contributed by atoms with Gasteiger partial charge in [0, 0.05) is 11.5 Å². The fraction of sp³-hybridized carbons (Fsp3) is 0.378. The summed E-state index contributed by atoms with van der Waals surface area (Å²) in [6.45, 7) is 13.2. The smallest absolute Gasteiger partial charge is 0.339 e. The second kappa shape index (κ2) is 16.4. The molecule has 0 radical (unpaired) electrons. The molecule has 0 fully saturated rings. The van der Waals surface area contributed by atoms with Gasteiger partial charge in [0.15, 0.2) is 0 Å². The standard InChI is InChI=1S/C37H45O6P/c1-8-41-34(38)27(3)24-23-26(2)33(28(4)25-42-36(40)37(5,6)7)43-35(39)31-21-15-16-22-32(31)44(29-17-11-9-12-18-29)30-19-13-10-14-20-30/h9-22,24,26,28,33H,8,23,25H2,1-7H3/b27-24+/t26-,28+,33+/m1/s1. The molecule has 3 atom stereocenters. The van der Waals surface area contributed by atoms with Crippen LogP contribution in [-0.4, -0.2) is 37.2 Å². The molecule has 0 aliphatic heterocycles. The van der Waals surface area contributed by atoms with E-state index in [2.05, 4.69) is 24.3 Å². The summed E-state index contributed by atoms with van der Waals surface area (Å²) >= 11 is 0. The molecule has 0 aliphatic rings. The molecule has 0 aliphatic carbocycles. The molecule has 0 spiro atoms. The highest BCUT2D eigenvalue weighted by molar-refractivity contribution is 7.80. The summed E-state index contributed by atoms with van der Waals surface area (Å²) in [5.74, 6) is -1.60. The van der Waals surface area contributed by atoms with Gasteiger partial charge in [0.1, 0.15) is 6.10 Å². The summed E-state index contributed by atoms with van der Waals surface area (Å²) in [6, 6.07) is 28.0. The highest BCUT2D eigenvalue weighted by atomic mass is 31.1. The van der Waals surface area contributed by atoms with Gasteiger partial charge in [0.05, 0.1) is 24.2 Å². The van der Waals surface area contributed by atoms with Crippen LogP contribution in [0.5, 0.6) is 0 Å². The first kappa shape index (κ1) is 34.7. The van der Waals surface area contributed by atoms with Crippen molar-refractivity contribution in [2.75, 3.05) is 13.2 Å². The molecule has 6 nitrogen and oxygen atoms in total. The normalized spacial score (nSPS) is 14.0. The van der Waals surface area contributed by atoms with Crippen molar-refractivity contribution in [3.8, 4) is 0 Å². The van der Waals surface area contributed by atoms with Crippen molar-refractivity contribution in [2.24, 2.45) is 17.3 Å². The number of ether oxygens (including phenoxy) is 3. The Hall–Kier alpha value is -3.76. The Morgan fingerprint density at radius 2 is 1.34 bits per heavy atom. The van der Waals surface area contributed by atoms with Gasteiger partial charge < -0.3 is 14.2 Å². The lowest BCUT2D eigenvalue weighted by atomic mass is 9.90. The Kier molecular flexibility index (Phi) is 12.9. The van der Waals surface area contributed by atoms with Gasteiger partial charge in [-0.3, -0.25) is 4.79 Å². The van der Waals surface area contributed by atoms with Crippen molar-refractivity contribution in [1.82, 2.24) is 0 Å². The predicted octanol–water partition coefficient (Wildman–Crippen LogP) is 6.73. The van der Waals surface area contributed by atoms with Crippen LogP contribution in [0.2, 0.25) is 0 Å². The summed E-state index contributed by atoms with van der Waals surface area (Å²) in [4.78, 5) is 38.8. The first-order chi connectivity index (χ1) is 20.9. The minimum Gasteiger partial charge on any atom is -0.465 e. The molecule has 3 aromatic rings. The molecule has 44 heavy (non-hydrogen) atoms. The molecule has 0 heterocycles. The zero-order valence-electron chi connectivity index (χ0n) is 26.9. The molecular weight excluding hydrogens is 571 g/mol. The molecule has 3 rings (SSSR count). The fourth-order valence-corrected chi connectivity index (χ4v) is 7.18. The molecule has 3 aromatic carbocycles. The van der Waals surface area contributed by atoms with E-state index in [-0.39, 0.29) is 30.4 Å². The zero-order valence-corrected chi connectivity index (χ0v) is 27.8. The highest BCUT2D eigenvalue weighted by Crippen LogP contribution is 2.35. The minimum atomic E-state index is -1.04. The van der Waals surface area contributed by atoms with Crippen LogP contribution in [0, 0.1) is 17.3 Å². The maximum absolute atomic E-state index is 14.1. The summed E-state index contributed by atoms with van der Waals surface area (Å²) in [5, 5.41) is 3.16. The summed E-state index contributed by atoms with van der Waals surface area (Å²) in [5.41, 5.74) is 0.347. The molecule has 7 heteroatoms. The molecule has 0 saturated heterocycles. The molecule has 0 aromatic heterocycles. The Morgan fingerprint density at radius 1 is 0.795 bits per heavy atom. The molecule has 0 saturated carbocycles. The van der Waals surface area contributed by atoms with Gasteiger partial charge in [-0.25, -0.2) is 9.59 Å². The van der Waals surface area contributed by atoms with Crippen molar-refractivity contribution >= 4 is 41.7 Å². The third-order valence-corrected chi connectivity index (χ3v) is 9.74. The highest BCUT2D eigenvalue weighted by Gasteiger charge is 2.32. The maximum Gasteiger partial charge on any atom is 0.339 e. The van der Waals surface area contributed by atoms with Crippen LogP contribution < -0.4 is 15.9 Å². The van der Waals surface area contributed by atoms with E-state index in [9.17, 15) is 14.4 Å². The monoisotopic (exact) mass is 616 g/mol. The minimum absolute atomic E-state index is 0.0986. The van der Waals surface area contributed by atoms with Gasteiger partial charge >= 0.3 is 17.9 Å². The van der Waals surface area contributed by atoms with Crippen LogP contribution in [0.1, 0.15) is 65.2 Å². The third kappa shape index (κ3) is 9.62. The summed E-state index contributed by atoms with van der Waals surface area (Å²) in [6.07, 6.45) is 1.70.